The molecule has 0 unspecified atom stereocenters. The number of carboxylic acids is 1. The van der Waals surface area contributed by atoms with E-state index in [1.165, 1.54) is 0 Å². The molecule has 0 saturated carbocycles. The fourth-order valence-electron chi connectivity index (χ4n) is 2.54. The number of hydrogen-bond donors (Lipinski definition) is 1. The van der Waals surface area contributed by atoms with Crippen molar-refractivity contribution < 1.29 is 9.90 Å². The van der Waals surface area contributed by atoms with Crippen LogP contribution in [0.1, 0.15) is 17.0 Å². The van der Waals surface area contributed by atoms with Crippen molar-refractivity contribution in [2.45, 2.75) is 26.1 Å². The molecule has 0 bridgehead atoms. The number of carbonyl (C=O) groups is 1. The second-order valence-electron chi connectivity index (χ2n) is 4.95. The van der Waals surface area contributed by atoms with Crippen LogP contribution in [-0.2, 0) is 30.8 Å². The summed E-state index contributed by atoms with van der Waals surface area (Å²) in [6, 6.07) is 7.72. The summed E-state index contributed by atoms with van der Waals surface area (Å²) < 4.78 is 1.92. The van der Waals surface area contributed by atoms with Gasteiger partial charge >= 0.3 is 5.97 Å². The van der Waals surface area contributed by atoms with E-state index in [1.54, 1.807) is 6.33 Å². The van der Waals surface area contributed by atoms with Crippen molar-refractivity contribution in [1.82, 2.24) is 19.7 Å². The topological polar surface area (TPSA) is 71.2 Å². The molecule has 2 aromatic rings. The van der Waals surface area contributed by atoms with Crippen molar-refractivity contribution in [1.29, 1.82) is 0 Å². The smallest absolute Gasteiger partial charge is 0.307 e. The molecular weight excluding hydrogens is 256 g/mol. The Morgan fingerprint density at radius 1 is 1.25 bits per heavy atom. The number of benzene rings is 1. The van der Waals surface area contributed by atoms with Crippen molar-refractivity contribution >= 4 is 5.97 Å². The molecule has 1 aliphatic rings. The zero-order valence-corrected chi connectivity index (χ0v) is 11.1. The molecule has 2 heterocycles. The van der Waals surface area contributed by atoms with Crippen LogP contribution in [0.3, 0.4) is 0 Å². The fourth-order valence-corrected chi connectivity index (χ4v) is 2.54. The molecule has 0 amide bonds. The number of rotatable bonds is 4. The van der Waals surface area contributed by atoms with E-state index in [1.807, 2.05) is 28.9 Å². The maximum absolute atomic E-state index is 10.9. The molecule has 3 rings (SSSR count). The average molecular weight is 272 g/mol. The standard InChI is InChI=1S/C14H16N4O2/c19-14(20)7-11-3-1-2-4-12(11)8-17-5-6-18-13(9-17)15-10-16-18/h1-4,10H,5-9H2,(H,19,20). The number of aromatic nitrogens is 3. The Morgan fingerprint density at radius 2 is 2.05 bits per heavy atom. The minimum Gasteiger partial charge on any atom is -0.481 e. The summed E-state index contributed by atoms with van der Waals surface area (Å²) in [6.45, 7) is 3.23. The summed E-state index contributed by atoms with van der Waals surface area (Å²) in [7, 11) is 0. The Hall–Kier alpha value is -2.21. The third-order valence-corrected chi connectivity index (χ3v) is 3.54. The quantitative estimate of drug-likeness (QED) is 0.896. The number of aliphatic carboxylic acids is 1. The van der Waals surface area contributed by atoms with Crippen molar-refractivity contribution in [3.8, 4) is 0 Å². The summed E-state index contributed by atoms with van der Waals surface area (Å²) in [5.74, 6) is 0.169. The highest BCUT2D eigenvalue weighted by Gasteiger charge is 2.18. The summed E-state index contributed by atoms with van der Waals surface area (Å²) in [6.07, 6.45) is 1.65. The molecule has 0 atom stereocenters. The van der Waals surface area contributed by atoms with Crippen molar-refractivity contribution in [2.24, 2.45) is 0 Å². The highest BCUT2D eigenvalue weighted by molar-refractivity contribution is 5.70. The first-order chi connectivity index (χ1) is 9.72. The molecule has 0 aliphatic carbocycles. The second-order valence-corrected chi connectivity index (χ2v) is 4.95. The van der Waals surface area contributed by atoms with E-state index in [2.05, 4.69) is 15.0 Å². The van der Waals surface area contributed by atoms with E-state index in [0.29, 0.717) is 0 Å². The maximum Gasteiger partial charge on any atom is 0.307 e. The van der Waals surface area contributed by atoms with E-state index in [9.17, 15) is 4.79 Å². The highest BCUT2D eigenvalue weighted by Crippen LogP contribution is 2.16. The monoisotopic (exact) mass is 272 g/mol. The van der Waals surface area contributed by atoms with Gasteiger partial charge in [-0.2, -0.15) is 5.10 Å². The molecule has 1 aliphatic heterocycles. The van der Waals surface area contributed by atoms with E-state index in [4.69, 9.17) is 5.11 Å². The van der Waals surface area contributed by atoms with Gasteiger partial charge < -0.3 is 5.11 Å². The highest BCUT2D eigenvalue weighted by atomic mass is 16.4. The van der Waals surface area contributed by atoms with Crippen LogP contribution in [0, 0.1) is 0 Å². The Bertz CT molecular complexity index is 623. The van der Waals surface area contributed by atoms with Gasteiger partial charge in [0.05, 0.1) is 19.5 Å². The van der Waals surface area contributed by atoms with Crippen LogP contribution in [0.15, 0.2) is 30.6 Å². The van der Waals surface area contributed by atoms with Crippen LogP contribution in [0.5, 0.6) is 0 Å². The van der Waals surface area contributed by atoms with Gasteiger partial charge in [-0.05, 0) is 11.1 Å². The Morgan fingerprint density at radius 3 is 2.85 bits per heavy atom. The first-order valence-corrected chi connectivity index (χ1v) is 6.60. The van der Waals surface area contributed by atoms with E-state index in [0.717, 1.165) is 43.1 Å². The molecule has 6 nitrogen and oxygen atoms in total. The van der Waals surface area contributed by atoms with Crippen LogP contribution in [0.25, 0.3) is 0 Å². The van der Waals surface area contributed by atoms with Crippen LogP contribution in [0.2, 0.25) is 0 Å². The summed E-state index contributed by atoms with van der Waals surface area (Å²) >= 11 is 0. The lowest BCUT2D eigenvalue weighted by Gasteiger charge is -2.27. The van der Waals surface area contributed by atoms with Crippen molar-refractivity contribution in [2.75, 3.05) is 6.54 Å². The predicted molar refractivity (Wildman–Crippen MR) is 71.9 cm³/mol. The third-order valence-electron chi connectivity index (χ3n) is 3.54. The summed E-state index contributed by atoms with van der Waals surface area (Å²) in [4.78, 5) is 17.4. The Balaban J connectivity index is 1.74. The predicted octanol–water partition coefficient (Wildman–Crippen LogP) is 0.921. The maximum atomic E-state index is 10.9. The van der Waals surface area contributed by atoms with Crippen LogP contribution >= 0.6 is 0 Å². The average Bonchev–Trinajstić information content (AvgIpc) is 2.88. The molecule has 0 fully saturated rings. The molecule has 20 heavy (non-hydrogen) atoms. The van der Waals surface area contributed by atoms with Crippen molar-refractivity contribution in [3.05, 3.63) is 47.5 Å². The lowest BCUT2D eigenvalue weighted by Crippen LogP contribution is -2.34. The number of hydrogen-bond acceptors (Lipinski definition) is 4. The van der Waals surface area contributed by atoms with Crippen LogP contribution in [-0.4, -0.2) is 37.3 Å². The molecule has 1 aromatic carbocycles. The van der Waals surface area contributed by atoms with Crippen molar-refractivity contribution in [3.63, 3.8) is 0 Å². The molecule has 0 radical (unpaired) electrons. The summed E-state index contributed by atoms with van der Waals surface area (Å²) in [5, 5.41) is 13.1. The lowest BCUT2D eigenvalue weighted by molar-refractivity contribution is -0.136. The van der Waals surface area contributed by atoms with Gasteiger partial charge in [-0.3, -0.25) is 9.69 Å². The van der Waals surface area contributed by atoms with Gasteiger partial charge in [-0.1, -0.05) is 24.3 Å². The Kier molecular flexibility index (Phi) is 3.47. The van der Waals surface area contributed by atoms with Gasteiger partial charge in [0.2, 0.25) is 0 Å². The van der Waals surface area contributed by atoms with Gasteiger partial charge in [0.25, 0.3) is 0 Å². The van der Waals surface area contributed by atoms with Gasteiger partial charge in [0.15, 0.2) is 0 Å². The number of nitrogens with zero attached hydrogens (tertiary/aromatic N) is 4. The first kappa shape index (κ1) is 12.8. The van der Waals surface area contributed by atoms with E-state index in [-0.39, 0.29) is 6.42 Å². The number of carboxylic acid groups (broad SMARTS) is 1. The van der Waals surface area contributed by atoms with Crippen LogP contribution in [0.4, 0.5) is 0 Å². The molecule has 104 valence electrons. The van der Waals surface area contributed by atoms with Gasteiger partial charge in [0, 0.05) is 13.1 Å². The van der Waals surface area contributed by atoms with E-state index >= 15 is 0 Å². The lowest BCUT2D eigenvalue weighted by atomic mass is 10.0. The molecule has 1 N–H and O–H groups in total. The fraction of sp³-hybridized carbons (Fsp3) is 0.357. The van der Waals surface area contributed by atoms with E-state index < -0.39 is 5.97 Å². The van der Waals surface area contributed by atoms with Gasteiger partial charge in [-0.25, -0.2) is 9.67 Å². The zero-order valence-electron chi connectivity index (χ0n) is 11.1. The van der Waals surface area contributed by atoms with Crippen LogP contribution < -0.4 is 0 Å². The van der Waals surface area contributed by atoms with Gasteiger partial charge in [-0.15, -0.1) is 0 Å². The SMILES string of the molecule is O=C(O)Cc1ccccc1CN1CCn2ncnc2C1. The van der Waals surface area contributed by atoms with Gasteiger partial charge in [0.1, 0.15) is 12.2 Å². The molecule has 6 heteroatoms. The minimum absolute atomic E-state index is 0.0696. The largest absolute Gasteiger partial charge is 0.481 e. The molecule has 0 spiro atoms. The Labute approximate surface area is 116 Å². The molecular formula is C14H16N4O2. The minimum atomic E-state index is -0.796. The summed E-state index contributed by atoms with van der Waals surface area (Å²) in [5.41, 5.74) is 1.95. The normalized spacial score (nSPS) is 15.0. The zero-order chi connectivity index (χ0) is 13.9. The first-order valence-electron chi connectivity index (χ1n) is 6.60. The number of fused-ring (bicyclic) bond motifs is 1. The third kappa shape index (κ3) is 2.70. The second kappa shape index (κ2) is 5.42. The molecule has 0 saturated heterocycles. The molecule has 1 aromatic heterocycles.